The zero-order chi connectivity index (χ0) is 20.5. The van der Waals surface area contributed by atoms with Crippen molar-refractivity contribution in [1.29, 1.82) is 0 Å². The summed E-state index contributed by atoms with van der Waals surface area (Å²) in [6.07, 6.45) is -1.23. The van der Waals surface area contributed by atoms with Gasteiger partial charge in [0, 0.05) is 36.8 Å². The van der Waals surface area contributed by atoms with Crippen LogP contribution in [0.1, 0.15) is 49.7 Å². The summed E-state index contributed by atoms with van der Waals surface area (Å²) in [7, 11) is 0. The van der Waals surface area contributed by atoms with E-state index in [0.29, 0.717) is 37.2 Å². The minimum absolute atomic E-state index is 0.0790. The number of rotatable bonds is 7. The summed E-state index contributed by atoms with van der Waals surface area (Å²) in [5, 5.41) is 0. The van der Waals surface area contributed by atoms with Gasteiger partial charge in [-0.1, -0.05) is 31.2 Å². The highest BCUT2D eigenvalue weighted by Crippen LogP contribution is 2.58. The summed E-state index contributed by atoms with van der Waals surface area (Å²) in [6, 6.07) is 6.76. The average Bonchev–Trinajstić information content (AvgIpc) is 3.43. The molecule has 1 aliphatic carbocycles. The van der Waals surface area contributed by atoms with Crippen LogP contribution in [0, 0.1) is 5.92 Å². The predicted octanol–water partition coefficient (Wildman–Crippen LogP) is 2.89. The Bertz CT molecular complexity index is 735. The van der Waals surface area contributed by atoms with Crippen LogP contribution in [0.2, 0.25) is 0 Å². The van der Waals surface area contributed by atoms with Gasteiger partial charge in [-0.2, -0.15) is 13.2 Å². The van der Waals surface area contributed by atoms with Crippen LogP contribution in [0.25, 0.3) is 0 Å². The number of allylic oxidation sites excluding steroid dienone is 1. The summed E-state index contributed by atoms with van der Waals surface area (Å²) in [4.78, 5) is 14.3. The van der Waals surface area contributed by atoms with Crippen molar-refractivity contribution in [1.82, 2.24) is 10.3 Å². The quantitative estimate of drug-likeness (QED) is 0.489. The van der Waals surface area contributed by atoms with Crippen molar-refractivity contribution < 1.29 is 18.0 Å². The Morgan fingerprint density at radius 1 is 1.32 bits per heavy atom. The standard InChI is InChI=1S/C20H27F3N4O/c1-13(2-7-17(10-24)26-25)18(28)27-11-15(12-27)14-3-5-16(6-4-14)19(8-9-19)20(21,22)23/h3-6,10,13,15,26H,2,7-9,11-12,24-25H2,1H3/b17-10-. The van der Waals surface area contributed by atoms with E-state index in [1.807, 2.05) is 6.92 Å². The fraction of sp³-hybridized carbons (Fsp3) is 0.550. The Morgan fingerprint density at radius 2 is 1.93 bits per heavy atom. The number of amides is 1. The van der Waals surface area contributed by atoms with Crippen LogP contribution in [0.3, 0.4) is 0 Å². The highest BCUT2D eigenvalue weighted by atomic mass is 19.4. The molecule has 1 unspecified atom stereocenters. The van der Waals surface area contributed by atoms with E-state index in [4.69, 9.17) is 11.6 Å². The lowest BCUT2D eigenvalue weighted by atomic mass is 9.87. The molecular weight excluding hydrogens is 369 g/mol. The Morgan fingerprint density at radius 3 is 2.39 bits per heavy atom. The number of benzene rings is 1. The van der Waals surface area contributed by atoms with E-state index in [-0.39, 0.29) is 30.6 Å². The van der Waals surface area contributed by atoms with Crippen molar-refractivity contribution in [3.63, 3.8) is 0 Å². The van der Waals surface area contributed by atoms with E-state index < -0.39 is 11.6 Å². The van der Waals surface area contributed by atoms with Gasteiger partial charge >= 0.3 is 6.18 Å². The second kappa shape index (κ2) is 7.66. The number of nitrogens with one attached hydrogen (secondary N) is 1. The molecule has 1 saturated heterocycles. The first-order chi connectivity index (χ1) is 13.2. The fourth-order valence-corrected chi connectivity index (χ4v) is 3.82. The van der Waals surface area contributed by atoms with Crippen LogP contribution < -0.4 is 17.0 Å². The van der Waals surface area contributed by atoms with Crippen molar-refractivity contribution in [2.24, 2.45) is 17.5 Å². The molecule has 0 radical (unpaired) electrons. The van der Waals surface area contributed by atoms with E-state index in [1.165, 1.54) is 6.20 Å². The maximum atomic E-state index is 13.2. The first kappa shape index (κ1) is 20.5. The molecule has 2 aliphatic rings. The molecule has 1 aliphatic heterocycles. The van der Waals surface area contributed by atoms with Crippen molar-refractivity contribution >= 4 is 5.91 Å². The predicted molar refractivity (Wildman–Crippen MR) is 101 cm³/mol. The molecular formula is C20H27F3N4O. The number of nitrogens with zero attached hydrogens (tertiary/aromatic N) is 1. The smallest absolute Gasteiger partial charge is 0.398 e. The van der Waals surface area contributed by atoms with Crippen LogP contribution in [-0.2, 0) is 10.2 Å². The molecule has 2 fully saturated rings. The SMILES string of the molecule is CC(CC/C(=C/N)NN)C(=O)N1CC(c2ccc(C3(C(F)(F)F)CC3)cc2)C1. The minimum atomic E-state index is -4.19. The van der Waals surface area contributed by atoms with E-state index in [1.54, 1.807) is 29.2 Å². The number of carbonyl (C=O) groups is 1. The zero-order valence-corrected chi connectivity index (χ0v) is 15.9. The lowest BCUT2D eigenvalue weighted by Crippen LogP contribution is -2.50. The van der Waals surface area contributed by atoms with Gasteiger partial charge in [0.15, 0.2) is 0 Å². The first-order valence-electron chi connectivity index (χ1n) is 9.55. The van der Waals surface area contributed by atoms with Crippen molar-refractivity contribution in [3.8, 4) is 0 Å². The first-order valence-corrected chi connectivity index (χ1v) is 9.55. The molecule has 0 spiro atoms. The van der Waals surface area contributed by atoms with Gasteiger partial charge in [-0.05, 0) is 36.8 Å². The fourth-order valence-electron chi connectivity index (χ4n) is 3.82. The van der Waals surface area contributed by atoms with Gasteiger partial charge in [0.1, 0.15) is 0 Å². The number of likely N-dealkylation sites (tertiary alicyclic amines) is 1. The second-order valence-corrected chi connectivity index (χ2v) is 7.92. The molecule has 1 atom stereocenters. The highest BCUT2D eigenvalue weighted by Gasteiger charge is 2.64. The molecule has 8 heteroatoms. The monoisotopic (exact) mass is 396 g/mol. The third-order valence-electron chi connectivity index (χ3n) is 6.08. The summed E-state index contributed by atoms with van der Waals surface area (Å²) >= 11 is 0. The Kier molecular flexibility index (Phi) is 5.61. The molecule has 3 rings (SSSR count). The van der Waals surface area contributed by atoms with E-state index in [0.717, 1.165) is 5.56 Å². The number of hydrogen-bond acceptors (Lipinski definition) is 4. The number of carbonyl (C=O) groups excluding carboxylic acids is 1. The van der Waals surface area contributed by atoms with Gasteiger partial charge in [0.05, 0.1) is 5.41 Å². The molecule has 1 amide bonds. The lowest BCUT2D eigenvalue weighted by Gasteiger charge is -2.41. The molecule has 0 bridgehead atoms. The number of nitrogens with two attached hydrogens (primary N) is 2. The van der Waals surface area contributed by atoms with Gasteiger partial charge in [0.2, 0.25) is 5.91 Å². The lowest BCUT2D eigenvalue weighted by molar-refractivity contribution is -0.160. The average molecular weight is 396 g/mol. The highest BCUT2D eigenvalue weighted by molar-refractivity contribution is 5.79. The Labute approximate surface area is 162 Å². The zero-order valence-electron chi connectivity index (χ0n) is 15.9. The molecule has 1 aromatic rings. The van der Waals surface area contributed by atoms with E-state index >= 15 is 0 Å². The number of alkyl halides is 3. The third kappa shape index (κ3) is 3.83. The molecule has 5 N–H and O–H groups in total. The summed E-state index contributed by atoms with van der Waals surface area (Å²) < 4.78 is 39.7. The van der Waals surface area contributed by atoms with Crippen LogP contribution >= 0.6 is 0 Å². The summed E-state index contributed by atoms with van der Waals surface area (Å²) in [5.74, 6) is 5.45. The molecule has 1 saturated carbocycles. The molecule has 28 heavy (non-hydrogen) atoms. The molecule has 0 aromatic heterocycles. The maximum Gasteiger partial charge on any atom is 0.398 e. The van der Waals surface area contributed by atoms with Crippen LogP contribution in [0.5, 0.6) is 0 Å². The van der Waals surface area contributed by atoms with Crippen LogP contribution in [-0.4, -0.2) is 30.1 Å². The van der Waals surface area contributed by atoms with E-state index in [2.05, 4.69) is 5.43 Å². The molecule has 154 valence electrons. The maximum absolute atomic E-state index is 13.2. The van der Waals surface area contributed by atoms with Gasteiger partial charge in [0.25, 0.3) is 0 Å². The molecule has 5 nitrogen and oxygen atoms in total. The molecule has 1 aromatic carbocycles. The Balaban J connectivity index is 1.52. The number of halogens is 3. The largest absolute Gasteiger partial charge is 0.403 e. The topological polar surface area (TPSA) is 84.4 Å². The molecule has 1 heterocycles. The third-order valence-corrected chi connectivity index (χ3v) is 6.08. The van der Waals surface area contributed by atoms with Crippen LogP contribution in [0.15, 0.2) is 36.2 Å². The number of hydrazine groups is 1. The normalized spacial score (nSPS) is 20.5. The number of hydrogen-bond donors (Lipinski definition) is 3. The van der Waals surface area contributed by atoms with Gasteiger partial charge < -0.3 is 16.1 Å². The second-order valence-electron chi connectivity index (χ2n) is 7.92. The summed E-state index contributed by atoms with van der Waals surface area (Å²) in [6.45, 7) is 3.07. The minimum Gasteiger partial charge on any atom is -0.403 e. The summed E-state index contributed by atoms with van der Waals surface area (Å²) in [5.41, 5.74) is 8.31. The van der Waals surface area contributed by atoms with Crippen LogP contribution in [0.4, 0.5) is 13.2 Å². The van der Waals surface area contributed by atoms with Gasteiger partial charge in [-0.15, -0.1) is 0 Å². The van der Waals surface area contributed by atoms with Gasteiger partial charge in [-0.3, -0.25) is 10.6 Å². The van der Waals surface area contributed by atoms with E-state index in [9.17, 15) is 18.0 Å². The van der Waals surface area contributed by atoms with Crippen molar-refractivity contribution in [2.45, 2.75) is 50.1 Å². The van der Waals surface area contributed by atoms with Crippen molar-refractivity contribution in [3.05, 3.63) is 47.3 Å². The Hall–Kier alpha value is -2.22. The van der Waals surface area contributed by atoms with Gasteiger partial charge in [-0.25, -0.2) is 0 Å². The van der Waals surface area contributed by atoms with Crippen molar-refractivity contribution in [2.75, 3.05) is 13.1 Å².